The van der Waals surface area contributed by atoms with Crippen LogP contribution in [0.1, 0.15) is 30.4 Å². The van der Waals surface area contributed by atoms with Gasteiger partial charge < -0.3 is 31.4 Å². The van der Waals surface area contributed by atoms with Crippen LogP contribution < -0.4 is 21.3 Å². The lowest BCUT2D eigenvalue weighted by Gasteiger charge is -2.28. The van der Waals surface area contributed by atoms with Crippen LogP contribution in [-0.4, -0.2) is 45.5 Å². The van der Waals surface area contributed by atoms with Crippen molar-refractivity contribution >= 4 is 23.5 Å². The fourth-order valence-corrected chi connectivity index (χ4v) is 3.98. The zero-order valence-electron chi connectivity index (χ0n) is 18.9. The number of hydrogen-bond acceptors (Lipinski definition) is 6. The topological polar surface area (TPSA) is 131 Å². The lowest BCUT2D eigenvalue weighted by molar-refractivity contribution is -0.129. The van der Waals surface area contributed by atoms with Crippen molar-refractivity contribution in [3.63, 3.8) is 0 Å². The van der Waals surface area contributed by atoms with Crippen LogP contribution in [0.15, 0.2) is 60.9 Å². The van der Waals surface area contributed by atoms with Crippen LogP contribution in [0.4, 0.5) is 11.6 Å². The SMILES string of the molecule is O=C(N[C@H](CCCNc1ncc[nH]1)C(=O)NCc1ccc(O)cc1)[C@@H]1CCc2ccccc2N1. The van der Waals surface area contributed by atoms with Gasteiger partial charge in [-0.2, -0.15) is 0 Å². The predicted octanol–water partition coefficient (Wildman–Crippen LogP) is 2.54. The van der Waals surface area contributed by atoms with Crippen LogP contribution >= 0.6 is 0 Å². The Labute approximate surface area is 198 Å². The maximum atomic E-state index is 13.0. The number of aromatic amines is 1. The average Bonchev–Trinajstić information content (AvgIpc) is 3.38. The van der Waals surface area contributed by atoms with Gasteiger partial charge in [-0.1, -0.05) is 30.3 Å². The maximum Gasteiger partial charge on any atom is 0.243 e. The van der Waals surface area contributed by atoms with E-state index in [9.17, 15) is 14.7 Å². The second-order valence-corrected chi connectivity index (χ2v) is 8.34. The molecule has 1 aliphatic heterocycles. The van der Waals surface area contributed by atoms with E-state index in [-0.39, 0.29) is 23.6 Å². The summed E-state index contributed by atoms with van der Waals surface area (Å²) in [5.74, 6) is 0.419. The molecular formula is C25H30N6O3. The molecule has 0 unspecified atom stereocenters. The van der Waals surface area contributed by atoms with E-state index < -0.39 is 6.04 Å². The summed E-state index contributed by atoms with van der Waals surface area (Å²) in [5.41, 5.74) is 3.02. The van der Waals surface area contributed by atoms with E-state index in [0.717, 1.165) is 17.7 Å². The largest absolute Gasteiger partial charge is 0.508 e. The number of hydrogen-bond donors (Lipinski definition) is 6. The Morgan fingerprint density at radius 1 is 1.15 bits per heavy atom. The summed E-state index contributed by atoms with van der Waals surface area (Å²) in [4.78, 5) is 33.1. The van der Waals surface area contributed by atoms with Crippen molar-refractivity contribution in [2.45, 2.75) is 44.3 Å². The molecule has 1 aromatic heterocycles. The smallest absolute Gasteiger partial charge is 0.243 e. The quantitative estimate of drug-likeness (QED) is 0.257. The molecule has 0 spiro atoms. The number of carbonyl (C=O) groups is 2. The van der Waals surface area contributed by atoms with E-state index in [1.54, 1.807) is 36.7 Å². The first-order valence-electron chi connectivity index (χ1n) is 11.5. The van der Waals surface area contributed by atoms with Gasteiger partial charge in [0.05, 0.1) is 0 Å². The molecule has 0 saturated heterocycles. The van der Waals surface area contributed by atoms with Gasteiger partial charge in [0.2, 0.25) is 11.8 Å². The van der Waals surface area contributed by atoms with Crippen molar-refractivity contribution in [2.24, 2.45) is 0 Å². The number of phenols is 1. The lowest BCUT2D eigenvalue weighted by atomic mass is 9.97. The summed E-state index contributed by atoms with van der Waals surface area (Å²) in [6.45, 7) is 0.922. The highest BCUT2D eigenvalue weighted by Gasteiger charge is 2.28. The molecule has 0 radical (unpaired) electrons. The minimum Gasteiger partial charge on any atom is -0.508 e. The number of benzene rings is 2. The fourth-order valence-electron chi connectivity index (χ4n) is 3.98. The monoisotopic (exact) mass is 462 g/mol. The first-order chi connectivity index (χ1) is 16.6. The van der Waals surface area contributed by atoms with E-state index >= 15 is 0 Å². The van der Waals surface area contributed by atoms with Gasteiger partial charge in [0, 0.05) is 31.2 Å². The number of carbonyl (C=O) groups excluding carboxylic acids is 2. The van der Waals surface area contributed by atoms with Gasteiger partial charge in [-0.15, -0.1) is 0 Å². The van der Waals surface area contributed by atoms with Gasteiger partial charge in [0.1, 0.15) is 17.8 Å². The summed E-state index contributed by atoms with van der Waals surface area (Å²) in [6.07, 6.45) is 6.02. The number of aryl methyl sites for hydroxylation is 1. The molecule has 0 bridgehead atoms. The van der Waals surface area contributed by atoms with E-state index in [4.69, 9.17) is 0 Å². The number of para-hydroxylation sites is 1. The van der Waals surface area contributed by atoms with Crippen molar-refractivity contribution in [2.75, 3.05) is 17.2 Å². The van der Waals surface area contributed by atoms with E-state index in [0.29, 0.717) is 38.3 Å². The Kier molecular flexibility index (Phi) is 7.64. The number of nitrogens with zero attached hydrogens (tertiary/aromatic N) is 1. The van der Waals surface area contributed by atoms with Gasteiger partial charge in [0.15, 0.2) is 5.95 Å². The van der Waals surface area contributed by atoms with Crippen LogP contribution in [0.3, 0.4) is 0 Å². The molecule has 0 saturated carbocycles. The summed E-state index contributed by atoms with van der Waals surface area (Å²) in [7, 11) is 0. The highest BCUT2D eigenvalue weighted by Crippen LogP contribution is 2.24. The van der Waals surface area contributed by atoms with Gasteiger partial charge in [0.25, 0.3) is 0 Å². The molecule has 4 rings (SSSR count). The molecule has 34 heavy (non-hydrogen) atoms. The number of amides is 2. The zero-order valence-corrected chi connectivity index (χ0v) is 18.9. The molecule has 6 N–H and O–H groups in total. The number of H-pyrrole nitrogens is 1. The fraction of sp³-hybridized carbons (Fsp3) is 0.320. The Balaban J connectivity index is 1.34. The number of phenolic OH excluding ortho intramolecular Hbond substituents is 1. The Morgan fingerprint density at radius 3 is 2.76 bits per heavy atom. The Bertz CT molecular complexity index is 1080. The second kappa shape index (κ2) is 11.2. The number of rotatable bonds is 10. The molecule has 2 amide bonds. The molecule has 9 heteroatoms. The molecule has 0 fully saturated rings. The molecule has 2 aromatic carbocycles. The van der Waals surface area contributed by atoms with Crippen molar-refractivity contribution in [1.82, 2.24) is 20.6 Å². The van der Waals surface area contributed by atoms with Gasteiger partial charge >= 0.3 is 0 Å². The van der Waals surface area contributed by atoms with Crippen LogP contribution in [0.5, 0.6) is 5.75 Å². The van der Waals surface area contributed by atoms with Gasteiger partial charge in [-0.25, -0.2) is 4.98 Å². The molecule has 0 aliphatic carbocycles. The number of anilines is 2. The van der Waals surface area contributed by atoms with Gasteiger partial charge in [-0.05, 0) is 55.0 Å². The molecular weight excluding hydrogens is 432 g/mol. The third-order valence-electron chi connectivity index (χ3n) is 5.86. The first kappa shape index (κ1) is 23.2. The highest BCUT2D eigenvalue weighted by atomic mass is 16.3. The number of aromatic hydroxyl groups is 1. The third-order valence-corrected chi connectivity index (χ3v) is 5.86. The van der Waals surface area contributed by atoms with Crippen molar-refractivity contribution in [3.05, 3.63) is 72.1 Å². The van der Waals surface area contributed by atoms with Crippen LogP contribution in [0.2, 0.25) is 0 Å². The highest BCUT2D eigenvalue weighted by molar-refractivity contribution is 5.91. The van der Waals surface area contributed by atoms with Gasteiger partial charge in [-0.3, -0.25) is 9.59 Å². The number of imidazole rings is 1. The number of nitrogens with one attached hydrogen (secondary N) is 5. The first-order valence-corrected chi connectivity index (χ1v) is 11.5. The summed E-state index contributed by atoms with van der Waals surface area (Å²) < 4.78 is 0. The van der Waals surface area contributed by atoms with Crippen molar-refractivity contribution < 1.29 is 14.7 Å². The summed E-state index contributed by atoms with van der Waals surface area (Å²) >= 11 is 0. The normalized spacial score (nSPS) is 15.5. The Morgan fingerprint density at radius 2 is 1.97 bits per heavy atom. The van der Waals surface area contributed by atoms with Crippen LogP contribution in [-0.2, 0) is 22.6 Å². The third kappa shape index (κ3) is 6.28. The van der Waals surface area contributed by atoms with Crippen LogP contribution in [0, 0.1) is 0 Å². The number of fused-ring (bicyclic) bond motifs is 1. The zero-order chi connectivity index (χ0) is 23.8. The van der Waals surface area contributed by atoms with E-state index in [2.05, 4.69) is 37.3 Å². The minimum absolute atomic E-state index is 0.172. The maximum absolute atomic E-state index is 13.0. The Hall–Kier alpha value is -4.01. The average molecular weight is 463 g/mol. The molecule has 9 nitrogen and oxygen atoms in total. The molecule has 178 valence electrons. The summed E-state index contributed by atoms with van der Waals surface area (Å²) in [6, 6.07) is 13.6. The second-order valence-electron chi connectivity index (χ2n) is 8.34. The van der Waals surface area contributed by atoms with Crippen LogP contribution in [0.25, 0.3) is 0 Å². The summed E-state index contributed by atoms with van der Waals surface area (Å²) in [5, 5.41) is 21.8. The lowest BCUT2D eigenvalue weighted by Crippen LogP contribution is -2.51. The molecule has 1 aliphatic rings. The minimum atomic E-state index is -0.665. The van der Waals surface area contributed by atoms with E-state index in [1.807, 2.05) is 18.2 Å². The number of aromatic nitrogens is 2. The molecule has 2 atom stereocenters. The van der Waals surface area contributed by atoms with E-state index in [1.165, 1.54) is 5.56 Å². The standard InChI is InChI=1S/C25H30N6O3/c32-19-10-7-17(8-11-19)16-29-23(33)21(6-3-13-26-25-27-14-15-28-25)31-24(34)22-12-9-18-4-1-2-5-20(18)30-22/h1-2,4-5,7-8,10-11,14-15,21-22,30,32H,3,6,9,12-13,16H2,(H,29,33)(H,31,34)(H2,26,27,28)/t21-,22+/m1/s1. The molecule has 2 heterocycles. The predicted molar refractivity (Wildman–Crippen MR) is 130 cm³/mol. The van der Waals surface area contributed by atoms with Crippen molar-refractivity contribution in [3.8, 4) is 5.75 Å². The molecule has 3 aromatic rings. The van der Waals surface area contributed by atoms with Crippen molar-refractivity contribution in [1.29, 1.82) is 0 Å².